The van der Waals surface area contributed by atoms with E-state index in [4.69, 9.17) is 4.74 Å². The molecule has 390 valence electrons. The van der Waals surface area contributed by atoms with Crippen LogP contribution < -0.4 is 42.5 Å². The van der Waals surface area contributed by atoms with Crippen LogP contribution in [0.4, 0.5) is 87.8 Å². The topological polar surface area (TPSA) is 9.23 Å². The number of benzene rings is 8. The third kappa shape index (κ3) is 9.24. The molecular weight excluding hydrogens is 1060 g/mol. The minimum Gasteiger partial charge on any atom is -0.491 e. The number of halogens is 20. The van der Waals surface area contributed by atoms with Gasteiger partial charge < -0.3 is 4.74 Å². The van der Waals surface area contributed by atoms with Crippen molar-refractivity contribution in [3.05, 3.63) is 237 Å². The van der Waals surface area contributed by atoms with Crippen LogP contribution in [0.1, 0.15) is 19.4 Å². The molecule has 0 aliphatic heterocycles. The van der Waals surface area contributed by atoms with Crippen molar-refractivity contribution < 1.29 is 92.5 Å². The highest BCUT2D eigenvalue weighted by Crippen LogP contribution is 2.58. The van der Waals surface area contributed by atoms with E-state index in [1.54, 1.807) is 0 Å². The van der Waals surface area contributed by atoms with Crippen molar-refractivity contribution >= 4 is 51.2 Å². The van der Waals surface area contributed by atoms with Gasteiger partial charge in [-0.3, -0.25) is 0 Å². The molecular formula is C52H28BF20OP. The van der Waals surface area contributed by atoms with Gasteiger partial charge in [-0.15, -0.1) is 21.9 Å². The van der Waals surface area contributed by atoms with Crippen LogP contribution in [0.15, 0.2) is 115 Å². The molecule has 0 N–H and O–H groups in total. The first-order valence-electron chi connectivity index (χ1n) is 21.4. The minimum absolute atomic E-state index is 0.181. The van der Waals surface area contributed by atoms with Gasteiger partial charge in [0.05, 0.1) is 12.3 Å². The lowest BCUT2D eigenvalue weighted by molar-refractivity contribution is 0.242. The van der Waals surface area contributed by atoms with Crippen LogP contribution in [0.5, 0.6) is 5.75 Å². The van der Waals surface area contributed by atoms with E-state index < -0.39 is 152 Å². The second kappa shape index (κ2) is 21.5. The summed E-state index contributed by atoms with van der Waals surface area (Å²) in [5.41, 5.74) is -13.0. The largest absolute Gasteiger partial charge is 0.491 e. The molecule has 0 saturated carbocycles. The Morgan fingerprint density at radius 3 is 0.733 bits per heavy atom. The Morgan fingerprint density at radius 2 is 0.520 bits per heavy atom. The molecule has 0 bridgehead atoms. The Kier molecular flexibility index (Phi) is 15.9. The monoisotopic (exact) mass is 1090 g/mol. The first kappa shape index (κ1) is 55.4. The van der Waals surface area contributed by atoms with Gasteiger partial charge in [0.1, 0.15) is 81.6 Å². The smallest absolute Gasteiger partial charge is 0.200 e. The van der Waals surface area contributed by atoms with Crippen molar-refractivity contribution in [2.24, 2.45) is 0 Å². The fraction of sp³-hybridized carbons (Fsp3) is 0.0769. The lowest BCUT2D eigenvalue weighted by Gasteiger charge is -2.44. The highest BCUT2D eigenvalue weighted by Gasteiger charge is 2.52. The molecule has 8 aromatic carbocycles. The van der Waals surface area contributed by atoms with Gasteiger partial charge in [0.15, 0.2) is 69.8 Å². The van der Waals surface area contributed by atoms with Crippen molar-refractivity contribution in [2.75, 3.05) is 0 Å². The Bertz CT molecular complexity index is 2980. The minimum atomic E-state index is -7.22. The van der Waals surface area contributed by atoms with Crippen molar-refractivity contribution in [1.82, 2.24) is 0 Å². The molecule has 0 heterocycles. The number of hydrogen-bond acceptors (Lipinski definition) is 1. The molecule has 0 saturated heterocycles. The zero-order valence-electron chi connectivity index (χ0n) is 37.7. The summed E-state index contributed by atoms with van der Waals surface area (Å²) in [6.45, 7) is 4.12. The summed E-state index contributed by atoms with van der Waals surface area (Å²) in [5, 5.41) is 4.22. The lowest BCUT2D eigenvalue weighted by atomic mass is 9.12. The van der Waals surface area contributed by atoms with Gasteiger partial charge in [0.2, 0.25) is 0 Å². The summed E-state index contributed by atoms with van der Waals surface area (Å²) in [5.74, 6) is -70.5. The number of hydrogen-bond donors (Lipinski definition) is 0. The molecule has 8 aromatic rings. The summed E-state index contributed by atoms with van der Waals surface area (Å²) in [6, 6.07) is 41.7. The summed E-state index contributed by atoms with van der Waals surface area (Å²) < 4.78 is 300. The lowest BCUT2D eigenvalue weighted by Crippen LogP contribution is -2.81. The molecule has 0 aromatic heterocycles. The van der Waals surface area contributed by atoms with E-state index in [9.17, 15) is 52.7 Å². The Labute approximate surface area is 411 Å². The van der Waals surface area contributed by atoms with E-state index in [1.165, 1.54) is 21.5 Å². The van der Waals surface area contributed by atoms with Gasteiger partial charge in [-0.2, -0.15) is 0 Å². The molecule has 0 fully saturated rings. The fourth-order valence-electron chi connectivity index (χ4n) is 8.86. The molecule has 0 amide bonds. The molecule has 0 aliphatic carbocycles. The maximum Gasteiger partial charge on any atom is 0.200 e. The van der Waals surface area contributed by atoms with Crippen molar-refractivity contribution in [3.63, 3.8) is 0 Å². The highest BCUT2D eigenvalue weighted by molar-refractivity contribution is 7.95. The van der Waals surface area contributed by atoms with Crippen LogP contribution in [0.25, 0.3) is 0 Å². The SMILES string of the molecule is CC(C)Oc1ccc(C[P+](c2ccccc2)(c2ccccc2)c2ccccc2)cc1.Fc1c(F)c(F)c([B-](c2c(F)c(F)c(F)c(F)c2F)(c2c(F)c(F)c(F)c(F)c2F)c2c(F)c(F)c(F)c(F)c2F)c(F)c1F. The predicted octanol–water partition coefficient (Wildman–Crippen LogP) is 11.8. The first-order valence-corrected chi connectivity index (χ1v) is 23.4. The van der Waals surface area contributed by atoms with E-state index in [0.717, 1.165) is 11.9 Å². The Morgan fingerprint density at radius 1 is 0.307 bits per heavy atom. The Hall–Kier alpha value is -7.35. The van der Waals surface area contributed by atoms with Crippen LogP contribution in [-0.4, -0.2) is 12.2 Å². The van der Waals surface area contributed by atoms with E-state index >= 15 is 35.1 Å². The second-order valence-corrected chi connectivity index (χ2v) is 20.1. The quantitative estimate of drug-likeness (QED) is 0.0412. The normalized spacial score (nSPS) is 11.8. The van der Waals surface area contributed by atoms with Gasteiger partial charge in [-0.1, -0.05) is 66.7 Å². The van der Waals surface area contributed by atoms with Gasteiger partial charge in [0.25, 0.3) is 0 Å². The first-order chi connectivity index (χ1) is 35.4. The number of ether oxygens (including phenoxy) is 1. The van der Waals surface area contributed by atoms with Gasteiger partial charge in [0, 0.05) is 0 Å². The predicted molar refractivity (Wildman–Crippen MR) is 240 cm³/mol. The van der Waals surface area contributed by atoms with Crippen molar-refractivity contribution in [1.29, 1.82) is 0 Å². The van der Waals surface area contributed by atoms with Gasteiger partial charge in [-0.05, 0) is 67.9 Å². The summed E-state index contributed by atoms with van der Waals surface area (Å²) >= 11 is 0. The zero-order chi connectivity index (χ0) is 55.2. The summed E-state index contributed by atoms with van der Waals surface area (Å²) in [4.78, 5) is 0. The van der Waals surface area contributed by atoms with Crippen LogP contribution in [-0.2, 0) is 6.16 Å². The van der Waals surface area contributed by atoms with E-state index in [2.05, 4.69) is 129 Å². The standard InChI is InChI=1S/C28H28OP.C24BF20/c1-23(2)29-25-20-18-24(19-21-25)22-30(26-12-6-3-7-13-26,27-14-8-4-9-15-27)28-16-10-5-11-17-28;26-5-1(6(27)14(35)21(42)13(5)34)25(2-7(28)15(36)22(43)16(37)8(2)29,3-9(30)17(38)23(44)18(39)10(3)31)4-11(32)19(40)24(45)20(41)12(4)33/h3-21,23H,22H2,1-2H3;/q+1;-1. The maximum absolute atomic E-state index is 15.4. The van der Waals surface area contributed by atoms with E-state index in [-0.39, 0.29) is 6.10 Å². The average molecular weight is 1090 g/mol. The van der Waals surface area contributed by atoms with Gasteiger partial charge >= 0.3 is 0 Å². The van der Waals surface area contributed by atoms with Crippen LogP contribution in [0.3, 0.4) is 0 Å². The second-order valence-electron chi connectivity index (χ2n) is 16.6. The molecule has 0 spiro atoms. The summed E-state index contributed by atoms with van der Waals surface area (Å²) in [6.07, 6.45) is -6.06. The van der Waals surface area contributed by atoms with Gasteiger partial charge in [-0.25, -0.2) is 87.8 Å². The Balaban J connectivity index is 0.000000236. The third-order valence-electron chi connectivity index (χ3n) is 12.0. The summed E-state index contributed by atoms with van der Waals surface area (Å²) in [7, 11) is -1.86. The molecule has 8 rings (SSSR count). The molecule has 1 nitrogen and oxygen atoms in total. The molecule has 0 aliphatic rings. The van der Waals surface area contributed by atoms with Crippen LogP contribution in [0, 0.1) is 116 Å². The van der Waals surface area contributed by atoms with E-state index in [0.29, 0.717) is 0 Å². The van der Waals surface area contributed by atoms with Crippen molar-refractivity contribution in [2.45, 2.75) is 26.1 Å². The highest BCUT2D eigenvalue weighted by atomic mass is 31.2. The number of rotatable bonds is 11. The molecule has 0 radical (unpaired) electrons. The zero-order valence-corrected chi connectivity index (χ0v) is 38.6. The molecule has 0 atom stereocenters. The van der Waals surface area contributed by atoms with Crippen molar-refractivity contribution in [3.8, 4) is 5.75 Å². The van der Waals surface area contributed by atoms with E-state index in [1.807, 2.05) is 0 Å². The van der Waals surface area contributed by atoms with Crippen LogP contribution >= 0.6 is 7.26 Å². The molecule has 0 unspecified atom stereocenters. The fourth-order valence-corrected chi connectivity index (χ4v) is 13.1. The molecule has 75 heavy (non-hydrogen) atoms. The third-order valence-corrected chi connectivity index (χ3v) is 16.4. The van der Waals surface area contributed by atoms with Crippen LogP contribution in [0.2, 0.25) is 0 Å². The molecule has 23 heteroatoms. The average Bonchev–Trinajstić information content (AvgIpc) is 3.41. The maximum atomic E-state index is 15.4.